The Morgan fingerprint density at radius 3 is 1.57 bits per heavy atom. The molecule has 0 saturated heterocycles. The third-order valence-electron chi connectivity index (χ3n) is 16.5. The van der Waals surface area contributed by atoms with E-state index in [1.807, 2.05) is 30.3 Å². The molecule has 1 N–H and O–H groups in total. The topological polar surface area (TPSA) is 59.1 Å². The second-order valence-corrected chi connectivity index (χ2v) is 20.3. The molecule has 76 heavy (non-hydrogen) atoms. The molecule has 4 aliphatic rings. The first kappa shape index (κ1) is 42.6. The standard InChI is InChI=1S/C71H45N3O2/c1-2-19-45(20-3-1)67-72-68(46-39-37-44(38-40-46)49-26-18-27-53-52-24-8-16-35-63(52)76-66(49)53)74-69(73-67)54-25-5-4-21-48(54)47-41-42-62-65(43-47)75-64-36-17-15-34-61(64)71(62)59-32-13-11-30-57(59)70(58-31-12-14-33-60(58)71)55-28-9-6-22-50(55)51-23-7-10-29-56(51)70/h1-43,68H,(H,72,73,74). The highest BCUT2D eigenvalue weighted by atomic mass is 16.5. The van der Waals surface area contributed by atoms with Crippen molar-refractivity contribution in [3.63, 3.8) is 0 Å². The average Bonchev–Trinajstić information content (AvgIpc) is 4.04. The molecule has 0 bridgehead atoms. The summed E-state index contributed by atoms with van der Waals surface area (Å²) in [5.74, 6) is 3.06. The molecule has 356 valence electrons. The van der Waals surface area contributed by atoms with E-state index >= 15 is 0 Å². The highest BCUT2D eigenvalue weighted by Gasteiger charge is 2.58. The minimum absolute atomic E-state index is 0.413. The number of rotatable bonds is 5. The fourth-order valence-electron chi connectivity index (χ4n) is 13.4. The first-order chi connectivity index (χ1) is 37.7. The molecule has 16 rings (SSSR count). The van der Waals surface area contributed by atoms with Crippen molar-refractivity contribution < 1.29 is 9.15 Å². The Morgan fingerprint density at radius 2 is 0.868 bits per heavy atom. The SMILES string of the molecule is c1ccc(C2=NC(c3ccccc3-c3ccc4c(c3)Oc3ccccc3C43c4ccccc4C4(c5ccccc5-c5ccccc54)c4ccccc43)=NC(c3ccc(-c4cccc5c4oc4ccccc45)cc3)N2)cc1. The molecule has 12 aromatic rings. The number of hydrogen-bond donors (Lipinski definition) is 1. The summed E-state index contributed by atoms with van der Waals surface area (Å²) in [5, 5.41) is 5.93. The summed E-state index contributed by atoms with van der Waals surface area (Å²) in [6.07, 6.45) is -0.413. The molecule has 0 saturated carbocycles. The van der Waals surface area contributed by atoms with E-state index in [1.165, 1.54) is 44.5 Å². The van der Waals surface area contributed by atoms with Gasteiger partial charge in [-0.3, -0.25) is 0 Å². The van der Waals surface area contributed by atoms with Gasteiger partial charge in [-0.05, 0) is 85.0 Å². The first-order valence-corrected chi connectivity index (χ1v) is 26.1. The van der Waals surface area contributed by atoms with Gasteiger partial charge < -0.3 is 14.5 Å². The van der Waals surface area contributed by atoms with Crippen LogP contribution in [0.1, 0.15) is 67.4 Å². The van der Waals surface area contributed by atoms with E-state index in [4.69, 9.17) is 19.1 Å². The van der Waals surface area contributed by atoms with Gasteiger partial charge in [0.05, 0.1) is 10.8 Å². The molecule has 2 aliphatic carbocycles. The molecule has 1 aromatic heterocycles. The number of furan rings is 1. The lowest BCUT2D eigenvalue weighted by Crippen LogP contribution is -2.45. The maximum Gasteiger partial charge on any atom is 0.160 e. The van der Waals surface area contributed by atoms with Crippen molar-refractivity contribution in [1.82, 2.24) is 5.32 Å². The molecule has 5 nitrogen and oxygen atoms in total. The minimum Gasteiger partial charge on any atom is -0.457 e. The molecule has 2 aliphatic heterocycles. The van der Waals surface area contributed by atoms with Gasteiger partial charge in [0.25, 0.3) is 0 Å². The second-order valence-electron chi connectivity index (χ2n) is 20.3. The van der Waals surface area contributed by atoms with Crippen molar-refractivity contribution in [2.45, 2.75) is 17.0 Å². The average molecular weight is 972 g/mol. The maximum absolute atomic E-state index is 7.17. The van der Waals surface area contributed by atoms with E-state index in [0.29, 0.717) is 5.84 Å². The molecule has 0 amide bonds. The van der Waals surface area contributed by atoms with Crippen LogP contribution in [0.15, 0.2) is 275 Å². The molecule has 1 atom stereocenters. The normalized spacial score (nSPS) is 15.8. The van der Waals surface area contributed by atoms with E-state index in [2.05, 4.69) is 236 Å². The Hall–Kier alpha value is -9.84. The fraction of sp³-hybridized carbons (Fsp3) is 0.0423. The van der Waals surface area contributed by atoms with Crippen LogP contribution in [0.3, 0.4) is 0 Å². The van der Waals surface area contributed by atoms with Crippen molar-refractivity contribution in [3.05, 3.63) is 322 Å². The van der Waals surface area contributed by atoms with E-state index in [-0.39, 0.29) is 0 Å². The Kier molecular flexibility index (Phi) is 9.16. The van der Waals surface area contributed by atoms with Crippen LogP contribution in [-0.2, 0) is 10.8 Å². The van der Waals surface area contributed by atoms with Crippen molar-refractivity contribution in [2.75, 3.05) is 0 Å². The van der Waals surface area contributed by atoms with Crippen LogP contribution in [0.5, 0.6) is 11.5 Å². The zero-order valence-corrected chi connectivity index (χ0v) is 41.1. The number of para-hydroxylation sites is 3. The van der Waals surface area contributed by atoms with Gasteiger partial charge in [0, 0.05) is 38.6 Å². The molecule has 5 heteroatoms. The number of hydrogen-bond acceptors (Lipinski definition) is 5. The highest BCUT2D eigenvalue weighted by molar-refractivity contribution is 6.15. The van der Waals surface area contributed by atoms with Gasteiger partial charge in [0.2, 0.25) is 0 Å². The van der Waals surface area contributed by atoms with Crippen LogP contribution in [0.25, 0.3) is 55.3 Å². The fourth-order valence-corrected chi connectivity index (χ4v) is 13.4. The largest absolute Gasteiger partial charge is 0.457 e. The van der Waals surface area contributed by atoms with Gasteiger partial charge >= 0.3 is 0 Å². The van der Waals surface area contributed by atoms with Crippen molar-refractivity contribution in [1.29, 1.82) is 0 Å². The van der Waals surface area contributed by atoms with E-state index in [1.54, 1.807) is 0 Å². The lowest BCUT2D eigenvalue weighted by molar-refractivity contribution is 0.429. The molecule has 1 unspecified atom stereocenters. The number of nitrogens with zero attached hydrogens (tertiary/aromatic N) is 2. The first-order valence-electron chi connectivity index (χ1n) is 26.1. The number of ether oxygens (including phenoxy) is 1. The summed E-state index contributed by atoms with van der Waals surface area (Å²) in [5.41, 5.74) is 20.1. The third-order valence-corrected chi connectivity index (χ3v) is 16.5. The predicted molar refractivity (Wildman–Crippen MR) is 306 cm³/mol. The smallest absolute Gasteiger partial charge is 0.160 e. The second kappa shape index (κ2) is 16.3. The summed E-state index contributed by atoms with van der Waals surface area (Å²) in [6, 6.07) is 94.0. The number of aliphatic imine (C=N–C) groups is 2. The Labute approximate surface area is 439 Å². The number of benzene rings is 11. The summed E-state index contributed by atoms with van der Waals surface area (Å²) in [6.45, 7) is 0. The molecule has 0 fully saturated rings. The molecular formula is C71H45N3O2. The minimum atomic E-state index is -0.706. The molecule has 11 aromatic carbocycles. The summed E-state index contributed by atoms with van der Waals surface area (Å²) in [7, 11) is 0. The van der Waals surface area contributed by atoms with Gasteiger partial charge in [-0.1, -0.05) is 243 Å². The van der Waals surface area contributed by atoms with Crippen LogP contribution < -0.4 is 10.1 Å². The van der Waals surface area contributed by atoms with Crippen LogP contribution in [0.2, 0.25) is 0 Å². The van der Waals surface area contributed by atoms with Gasteiger partial charge in [-0.15, -0.1) is 0 Å². The lowest BCUT2D eigenvalue weighted by atomic mass is 9.51. The maximum atomic E-state index is 7.17. The van der Waals surface area contributed by atoms with Crippen LogP contribution in [0.4, 0.5) is 0 Å². The van der Waals surface area contributed by atoms with Gasteiger partial charge in [-0.2, -0.15) is 0 Å². The van der Waals surface area contributed by atoms with Gasteiger partial charge in [-0.25, -0.2) is 9.98 Å². The number of amidine groups is 2. The van der Waals surface area contributed by atoms with E-state index < -0.39 is 17.0 Å². The van der Waals surface area contributed by atoms with Crippen LogP contribution in [0, 0.1) is 0 Å². The van der Waals surface area contributed by atoms with Gasteiger partial charge in [0.15, 0.2) is 5.84 Å². The van der Waals surface area contributed by atoms with Gasteiger partial charge in [0.1, 0.15) is 34.7 Å². The monoisotopic (exact) mass is 971 g/mol. The lowest BCUT2D eigenvalue weighted by Gasteiger charge is -2.51. The van der Waals surface area contributed by atoms with Crippen LogP contribution in [-0.4, -0.2) is 11.7 Å². The number of fused-ring (bicyclic) bond motifs is 18. The Morgan fingerprint density at radius 1 is 0.355 bits per heavy atom. The Balaban J connectivity index is 0.844. The summed E-state index contributed by atoms with van der Waals surface area (Å²) < 4.78 is 13.6. The van der Waals surface area contributed by atoms with E-state index in [9.17, 15) is 0 Å². The Bertz CT molecular complexity index is 4340. The number of nitrogens with one attached hydrogen (secondary N) is 1. The zero-order chi connectivity index (χ0) is 50.0. The highest BCUT2D eigenvalue weighted by Crippen LogP contribution is 2.67. The van der Waals surface area contributed by atoms with Crippen LogP contribution >= 0.6 is 0 Å². The van der Waals surface area contributed by atoms with Crippen molar-refractivity contribution in [2.24, 2.45) is 9.98 Å². The summed E-state index contributed by atoms with van der Waals surface area (Å²) in [4.78, 5) is 10.8. The van der Waals surface area contributed by atoms with Crippen molar-refractivity contribution >= 4 is 33.6 Å². The molecule has 3 heterocycles. The zero-order valence-electron chi connectivity index (χ0n) is 41.1. The molecule has 0 radical (unpaired) electrons. The third kappa shape index (κ3) is 5.91. The molecule has 2 spiro atoms. The summed E-state index contributed by atoms with van der Waals surface area (Å²) >= 11 is 0. The van der Waals surface area contributed by atoms with Crippen molar-refractivity contribution in [3.8, 4) is 44.9 Å². The van der Waals surface area contributed by atoms with E-state index in [0.717, 1.165) is 89.3 Å². The predicted octanol–water partition coefficient (Wildman–Crippen LogP) is 16.6. The quantitative estimate of drug-likeness (QED) is 0.187. The molecular weight excluding hydrogens is 927 g/mol.